The number of rotatable bonds is 5. The Morgan fingerprint density at radius 1 is 1.19 bits per heavy atom. The van der Waals surface area contributed by atoms with E-state index in [0.717, 1.165) is 0 Å². The van der Waals surface area contributed by atoms with Gasteiger partial charge < -0.3 is 14.6 Å². The van der Waals surface area contributed by atoms with Crippen molar-refractivity contribution in [3.05, 3.63) is 58.1 Å². The minimum atomic E-state index is -1.11. The van der Waals surface area contributed by atoms with Crippen molar-refractivity contribution in [3.63, 3.8) is 0 Å². The van der Waals surface area contributed by atoms with Crippen molar-refractivity contribution in [2.24, 2.45) is 0 Å². The number of nitro groups is 1. The van der Waals surface area contributed by atoms with Gasteiger partial charge in [0.2, 0.25) is 5.75 Å². The third-order valence-corrected chi connectivity index (χ3v) is 2.67. The Hall–Kier alpha value is -3.09. The molecule has 2 rings (SSSR count). The van der Waals surface area contributed by atoms with Gasteiger partial charge in [0.25, 0.3) is 0 Å². The van der Waals surface area contributed by atoms with Gasteiger partial charge in [-0.15, -0.1) is 0 Å². The number of hydrogen-bond donors (Lipinski definition) is 1. The predicted molar refractivity (Wildman–Crippen MR) is 73.1 cm³/mol. The van der Waals surface area contributed by atoms with E-state index >= 15 is 0 Å². The van der Waals surface area contributed by atoms with Crippen LogP contribution in [0.25, 0.3) is 0 Å². The van der Waals surface area contributed by atoms with Crippen molar-refractivity contribution < 1.29 is 24.3 Å². The van der Waals surface area contributed by atoms with Crippen LogP contribution in [0.2, 0.25) is 0 Å². The highest BCUT2D eigenvalue weighted by molar-refractivity contribution is 5.88. The Bertz CT molecular complexity index is 698. The molecule has 7 heteroatoms. The van der Waals surface area contributed by atoms with E-state index in [1.165, 1.54) is 49.6 Å². The van der Waals surface area contributed by atoms with Crippen molar-refractivity contribution >= 4 is 11.7 Å². The number of carboxylic acid groups (broad SMARTS) is 1. The first-order valence-electron chi connectivity index (χ1n) is 5.85. The molecule has 0 fully saturated rings. The molecule has 0 heterocycles. The molecule has 0 unspecified atom stereocenters. The molecular formula is C14H11NO6. The van der Waals surface area contributed by atoms with Crippen LogP contribution in [0.3, 0.4) is 0 Å². The molecule has 0 amide bonds. The fourth-order valence-electron chi connectivity index (χ4n) is 1.67. The molecule has 0 saturated carbocycles. The number of aromatic carboxylic acids is 1. The molecule has 0 aromatic heterocycles. The van der Waals surface area contributed by atoms with Crippen LogP contribution in [0.4, 0.5) is 5.69 Å². The lowest BCUT2D eigenvalue weighted by Crippen LogP contribution is -1.97. The average Bonchev–Trinajstić information content (AvgIpc) is 2.47. The van der Waals surface area contributed by atoms with Gasteiger partial charge in [-0.25, -0.2) is 4.79 Å². The van der Waals surface area contributed by atoms with Crippen LogP contribution in [0, 0.1) is 10.1 Å². The number of hydrogen-bond acceptors (Lipinski definition) is 5. The maximum Gasteiger partial charge on any atom is 0.335 e. The van der Waals surface area contributed by atoms with Crippen molar-refractivity contribution in [2.45, 2.75) is 0 Å². The van der Waals surface area contributed by atoms with Crippen LogP contribution in [0.15, 0.2) is 42.5 Å². The summed E-state index contributed by atoms with van der Waals surface area (Å²) in [5.41, 5.74) is -0.213. The second kappa shape index (κ2) is 5.91. The Balaban J connectivity index is 2.40. The topological polar surface area (TPSA) is 98.9 Å². The van der Waals surface area contributed by atoms with Crippen molar-refractivity contribution in [1.82, 2.24) is 0 Å². The van der Waals surface area contributed by atoms with Crippen LogP contribution in [0.5, 0.6) is 17.2 Å². The maximum absolute atomic E-state index is 11.0. The van der Waals surface area contributed by atoms with Gasteiger partial charge in [-0.3, -0.25) is 10.1 Å². The van der Waals surface area contributed by atoms with Gasteiger partial charge >= 0.3 is 11.7 Å². The molecule has 0 spiro atoms. The van der Waals surface area contributed by atoms with Crippen LogP contribution < -0.4 is 9.47 Å². The summed E-state index contributed by atoms with van der Waals surface area (Å²) in [5, 5.41) is 19.9. The number of carboxylic acids is 1. The van der Waals surface area contributed by atoms with Crippen molar-refractivity contribution in [1.29, 1.82) is 0 Å². The van der Waals surface area contributed by atoms with E-state index in [2.05, 4.69) is 0 Å². The minimum Gasteiger partial charge on any atom is -0.497 e. The first-order valence-corrected chi connectivity index (χ1v) is 5.85. The molecule has 2 aromatic rings. The normalized spacial score (nSPS) is 9.95. The van der Waals surface area contributed by atoms with E-state index in [1.807, 2.05) is 0 Å². The first kappa shape index (κ1) is 14.3. The fraction of sp³-hybridized carbons (Fsp3) is 0.0714. The summed E-state index contributed by atoms with van der Waals surface area (Å²) in [6.07, 6.45) is 0. The van der Waals surface area contributed by atoms with E-state index in [4.69, 9.17) is 14.6 Å². The van der Waals surface area contributed by atoms with Gasteiger partial charge in [-0.2, -0.15) is 0 Å². The van der Waals surface area contributed by atoms with Crippen LogP contribution in [-0.2, 0) is 0 Å². The van der Waals surface area contributed by atoms with Gasteiger partial charge in [-0.05, 0) is 24.3 Å². The van der Waals surface area contributed by atoms with E-state index in [0.29, 0.717) is 5.75 Å². The summed E-state index contributed by atoms with van der Waals surface area (Å²) < 4.78 is 10.4. The lowest BCUT2D eigenvalue weighted by Gasteiger charge is -2.08. The van der Waals surface area contributed by atoms with Gasteiger partial charge in [0.15, 0.2) is 0 Å². The van der Waals surface area contributed by atoms with E-state index in [9.17, 15) is 14.9 Å². The lowest BCUT2D eigenvalue weighted by atomic mass is 10.2. The third-order valence-electron chi connectivity index (χ3n) is 2.67. The van der Waals surface area contributed by atoms with Crippen LogP contribution in [0.1, 0.15) is 10.4 Å². The zero-order valence-corrected chi connectivity index (χ0v) is 11.0. The average molecular weight is 289 g/mol. The zero-order valence-electron chi connectivity index (χ0n) is 11.0. The van der Waals surface area contributed by atoms with Crippen molar-refractivity contribution in [3.8, 4) is 17.2 Å². The number of nitrogens with zero attached hydrogens (tertiary/aromatic N) is 1. The molecule has 0 aliphatic heterocycles. The predicted octanol–water partition coefficient (Wildman–Crippen LogP) is 3.09. The molecule has 21 heavy (non-hydrogen) atoms. The molecule has 0 radical (unpaired) electrons. The molecule has 2 aromatic carbocycles. The monoisotopic (exact) mass is 289 g/mol. The standard InChI is InChI=1S/C14H11NO6/c1-20-10-5-6-12(15(18)19)13(8-10)21-11-4-2-3-9(7-11)14(16)17/h2-8H,1H3,(H,16,17). The summed E-state index contributed by atoms with van der Waals surface area (Å²) in [7, 11) is 1.43. The number of ether oxygens (including phenoxy) is 2. The van der Waals surface area contributed by atoms with Gasteiger partial charge in [-0.1, -0.05) is 6.07 Å². The first-order chi connectivity index (χ1) is 10.0. The van der Waals surface area contributed by atoms with Crippen molar-refractivity contribution in [2.75, 3.05) is 7.11 Å². The summed E-state index contributed by atoms with van der Waals surface area (Å²) in [6.45, 7) is 0. The molecule has 0 aliphatic rings. The number of nitro benzene ring substituents is 1. The fourth-order valence-corrected chi connectivity index (χ4v) is 1.67. The highest BCUT2D eigenvalue weighted by Gasteiger charge is 2.17. The van der Waals surface area contributed by atoms with E-state index in [1.54, 1.807) is 0 Å². The van der Waals surface area contributed by atoms with Crippen LogP contribution in [-0.4, -0.2) is 23.1 Å². The second-order valence-electron chi connectivity index (χ2n) is 4.03. The highest BCUT2D eigenvalue weighted by atomic mass is 16.6. The molecule has 108 valence electrons. The molecular weight excluding hydrogens is 278 g/mol. The molecule has 7 nitrogen and oxygen atoms in total. The number of benzene rings is 2. The molecule has 0 atom stereocenters. The highest BCUT2D eigenvalue weighted by Crippen LogP contribution is 2.34. The lowest BCUT2D eigenvalue weighted by molar-refractivity contribution is -0.385. The quantitative estimate of drug-likeness (QED) is 0.670. The molecule has 0 aliphatic carbocycles. The minimum absolute atomic E-state index is 0.0260. The third kappa shape index (κ3) is 3.27. The van der Waals surface area contributed by atoms with Gasteiger partial charge in [0.05, 0.1) is 17.6 Å². The summed E-state index contributed by atoms with van der Waals surface area (Å²) in [6, 6.07) is 9.75. The zero-order chi connectivity index (χ0) is 15.4. The van der Waals surface area contributed by atoms with E-state index in [-0.39, 0.29) is 22.7 Å². The Morgan fingerprint density at radius 3 is 2.57 bits per heavy atom. The molecule has 0 saturated heterocycles. The number of carbonyl (C=O) groups is 1. The molecule has 1 N–H and O–H groups in total. The van der Waals surface area contributed by atoms with Gasteiger partial charge in [0.1, 0.15) is 11.5 Å². The second-order valence-corrected chi connectivity index (χ2v) is 4.03. The SMILES string of the molecule is COc1ccc([N+](=O)[O-])c(Oc2cccc(C(=O)O)c2)c1. The smallest absolute Gasteiger partial charge is 0.335 e. The maximum atomic E-state index is 11.0. The van der Waals surface area contributed by atoms with E-state index < -0.39 is 10.9 Å². The molecule has 0 bridgehead atoms. The summed E-state index contributed by atoms with van der Waals surface area (Å²) in [5.74, 6) is -0.557. The van der Waals surface area contributed by atoms with Crippen LogP contribution >= 0.6 is 0 Å². The summed E-state index contributed by atoms with van der Waals surface area (Å²) in [4.78, 5) is 21.3. The summed E-state index contributed by atoms with van der Waals surface area (Å²) >= 11 is 0. The number of methoxy groups -OCH3 is 1. The Kier molecular flexibility index (Phi) is 4.03. The Morgan fingerprint density at radius 2 is 1.95 bits per heavy atom. The van der Waals surface area contributed by atoms with Gasteiger partial charge in [0, 0.05) is 12.1 Å². The largest absolute Gasteiger partial charge is 0.497 e. The Labute approximate surface area is 119 Å².